The maximum Gasteiger partial charge on any atom is 0.409 e. The average Bonchev–Trinajstić information content (AvgIpc) is 2.55. The highest BCUT2D eigenvalue weighted by atomic mass is 32.2. The van der Waals surface area contributed by atoms with E-state index in [1.165, 1.54) is 0 Å². The number of benzene rings is 1. The van der Waals surface area contributed by atoms with E-state index < -0.39 is 15.3 Å². The van der Waals surface area contributed by atoms with Crippen molar-refractivity contribution in [3.8, 4) is 0 Å². The van der Waals surface area contributed by atoms with Gasteiger partial charge in [0.2, 0.25) is 10.0 Å². The predicted octanol–water partition coefficient (Wildman–Crippen LogP) is 2.29. The van der Waals surface area contributed by atoms with Gasteiger partial charge in [-0.05, 0) is 32.3 Å². The molecular formula is C16H24N2O4S. The smallest absolute Gasteiger partial charge is 0.409 e. The number of sulfonamides is 1. The van der Waals surface area contributed by atoms with Crippen LogP contribution in [0.3, 0.4) is 0 Å². The van der Waals surface area contributed by atoms with Gasteiger partial charge in [-0.2, -0.15) is 0 Å². The summed E-state index contributed by atoms with van der Waals surface area (Å²) in [5, 5.41) is -0.473. The van der Waals surface area contributed by atoms with Crippen LogP contribution in [0.1, 0.15) is 38.3 Å². The average molecular weight is 340 g/mol. The van der Waals surface area contributed by atoms with E-state index in [4.69, 9.17) is 4.74 Å². The highest BCUT2D eigenvalue weighted by Crippen LogP contribution is 2.21. The molecule has 23 heavy (non-hydrogen) atoms. The largest absolute Gasteiger partial charge is 0.450 e. The summed E-state index contributed by atoms with van der Waals surface area (Å²) >= 11 is 0. The first-order valence-electron chi connectivity index (χ1n) is 7.92. The summed E-state index contributed by atoms with van der Waals surface area (Å²) in [5.74, 6) is 0. The van der Waals surface area contributed by atoms with Crippen molar-refractivity contribution in [2.75, 3.05) is 19.7 Å². The molecular weight excluding hydrogens is 316 g/mol. The molecule has 128 valence electrons. The van der Waals surface area contributed by atoms with Gasteiger partial charge in [-0.25, -0.2) is 17.9 Å². The first-order chi connectivity index (χ1) is 10.9. The van der Waals surface area contributed by atoms with Gasteiger partial charge in [0, 0.05) is 19.1 Å². The molecule has 0 saturated carbocycles. The number of piperidine rings is 1. The molecule has 1 aromatic rings. The number of amides is 1. The van der Waals surface area contributed by atoms with Crippen molar-refractivity contribution in [2.24, 2.45) is 0 Å². The fourth-order valence-electron chi connectivity index (χ4n) is 2.72. The Morgan fingerprint density at radius 3 is 2.48 bits per heavy atom. The molecule has 0 bridgehead atoms. The molecule has 0 aliphatic carbocycles. The molecule has 1 N–H and O–H groups in total. The Bertz CT molecular complexity index is 610. The maximum absolute atomic E-state index is 12.5. The number of hydrogen-bond acceptors (Lipinski definition) is 4. The van der Waals surface area contributed by atoms with Crippen molar-refractivity contribution in [1.82, 2.24) is 9.62 Å². The number of ether oxygens (including phenoxy) is 1. The molecule has 1 amide bonds. The molecule has 1 aliphatic rings. The molecule has 6 nitrogen and oxygen atoms in total. The van der Waals surface area contributed by atoms with E-state index in [2.05, 4.69) is 4.72 Å². The lowest BCUT2D eigenvalue weighted by atomic mass is 10.1. The molecule has 1 saturated heterocycles. The number of rotatable bonds is 5. The van der Waals surface area contributed by atoms with Crippen molar-refractivity contribution < 1.29 is 17.9 Å². The van der Waals surface area contributed by atoms with Gasteiger partial charge < -0.3 is 9.64 Å². The van der Waals surface area contributed by atoms with E-state index in [0.29, 0.717) is 32.5 Å². The van der Waals surface area contributed by atoms with Crippen LogP contribution in [0.15, 0.2) is 30.3 Å². The zero-order valence-corrected chi connectivity index (χ0v) is 14.4. The van der Waals surface area contributed by atoms with Crippen molar-refractivity contribution >= 4 is 16.1 Å². The second kappa shape index (κ2) is 7.79. The fraction of sp³-hybridized carbons (Fsp3) is 0.562. The SMILES string of the molecule is CCOC(=O)N1CCC(S(=O)(=O)N[C@@H](C)c2ccccc2)CC1. The van der Waals surface area contributed by atoms with Gasteiger partial charge in [0.25, 0.3) is 0 Å². The molecule has 1 aromatic carbocycles. The lowest BCUT2D eigenvalue weighted by Gasteiger charge is -2.31. The van der Waals surface area contributed by atoms with Crippen LogP contribution in [0.25, 0.3) is 0 Å². The standard InChI is InChI=1S/C16H24N2O4S/c1-3-22-16(19)18-11-9-15(10-12-18)23(20,21)17-13(2)14-7-5-4-6-8-14/h4-8,13,15,17H,3,9-12H2,1-2H3/t13-/m0/s1. The summed E-state index contributed by atoms with van der Waals surface area (Å²) in [6.07, 6.45) is 0.486. The van der Waals surface area contributed by atoms with Crippen LogP contribution in [0.4, 0.5) is 4.79 Å². The van der Waals surface area contributed by atoms with Crippen LogP contribution in [-0.2, 0) is 14.8 Å². The number of carbonyl (C=O) groups is 1. The van der Waals surface area contributed by atoms with E-state index in [1.807, 2.05) is 37.3 Å². The normalized spacial score (nSPS) is 17.7. The summed E-state index contributed by atoms with van der Waals surface area (Å²) in [5.41, 5.74) is 0.931. The summed E-state index contributed by atoms with van der Waals surface area (Å²) in [6, 6.07) is 9.20. The van der Waals surface area contributed by atoms with Crippen LogP contribution in [0.2, 0.25) is 0 Å². The molecule has 7 heteroatoms. The summed E-state index contributed by atoms with van der Waals surface area (Å²) in [6.45, 7) is 4.73. The maximum atomic E-state index is 12.5. The van der Waals surface area contributed by atoms with E-state index >= 15 is 0 Å². The summed E-state index contributed by atoms with van der Waals surface area (Å²) < 4.78 is 32.7. The van der Waals surface area contributed by atoms with Crippen molar-refractivity contribution in [2.45, 2.75) is 38.0 Å². The second-order valence-electron chi connectivity index (χ2n) is 5.68. The van der Waals surface area contributed by atoms with E-state index in [0.717, 1.165) is 5.56 Å². The van der Waals surface area contributed by atoms with Crippen molar-refractivity contribution in [3.63, 3.8) is 0 Å². The van der Waals surface area contributed by atoms with Crippen LogP contribution < -0.4 is 4.72 Å². The van der Waals surface area contributed by atoms with Gasteiger partial charge in [-0.15, -0.1) is 0 Å². The number of carbonyl (C=O) groups excluding carboxylic acids is 1. The zero-order valence-electron chi connectivity index (χ0n) is 13.6. The Morgan fingerprint density at radius 2 is 1.91 bits per heavy atom. The highest BCUT2D eigenvalue weighted by molar-refractivity contribution is 7.90. The topological polar surface area (TPSA) is 75.7 Å². The summed E-state index contributed by atoms with van der Waals surface area (Å²) in [4.78, 5) is 13.2. The van der Waals surface area contributed by atoms with Gasteiger partial charge in [0.05, 0.1) is 11.9 Å². The van der Waals surface area contributed by atoms with Gasteiger partial charge in [0.15, 0.2) is 0 Å². The molecule has 0 unspecified atom stereocenters. The van der Waals surface area contributed by atoms with Gasteiger partial charge >= 0.3 is 6.09 Å². The fourth-order valence-corrected chi connectivity index (χ4v) is 4.37. The molecule has 1 atom stereocenters. The summed E-state index contributed by atoms with van der Waals surface area (Å²) in [7, 11) is -3.42. The van der Waals surface area contributed by atoms with E-state index in [1.54, 1.807) is 11.8 Å². The van der Waals surface area contributed by atoms with Gasteiger partial charge in [0.1, 0.15) is 0 Å². The van der Waals surface area contributed by atoms with E-state index in [-0.39, 0.29) is 12.1 Å². The van der Waals surface area contributed by atoms with Crippen LogP contribution in [-0.4, -0.2) is 44.4 Å². The lowest BCUT2D eigenvalue weighted by molar-refractivity contribution is 0.1000. The molecule has 1 aliphatic heterocycles. The van der Waals surface area contributed by atoms with E-state index in [9.17, 15) is 13.2 Å². The van der Waals surface area contributed by atoms with Gasteiger partial charge in [-0.1, -0.05) is 30.3 Å². The first-order valence-corrected chi connectivity index (χ1v) is 9.46. The minimum atomic E-state index is -3.42. The quantitative estimate of drug-likeness (QED) is 0.892. The second-order valence-corrected chi connectivity index (χ2v) is 7.67. The molecule has 0 radical (unpaired) electrons. The first kappa shape index (κ1) is 17.7. The zero-order chi connectivity index (χ0) is 16.9. The Labute approximate surface area is 137 Å². The third-order valence-electron chi connectivity index (χ3n) is 4.05. The Kier molecular flexibility index (Phi) is 6.01. The van der Waals surface area contributed by atoms with Crippen LogP contribution >= 0.6 is 0 Å². The van der Waals surface area contributed by atoms with Gasteiger partial charge in [-0.3, -0.25) is 0 Å². The Morgan fingerprint density at radius 1 is 1.30 bits per heavy atom. The minimum absolute atomic E-state index is 0.274. The number of likely N-dealkylation sites (tertiary alicyclic amines) is 1. The Balaban J connectivity index is 1.93. The molecule has 1 heterocycles. The van der Waals surface area contributed by atoms with Crippen LogP contribution in [0, 0.1) is 0 Å². The third kappa shape index (κ3) is 4.68. The number of nitrogens with one attached hydrogen (secondary N) is 1. The molecule has 2 rings (SSSR count). The van der Waals surface area contributed by atoms with Crippen molar-refractivity contribution in [1.29, 1.82) is 0 Å². The van der Waals surface area contributed by atoms with Crippen molar-refractivity contribution in [3.05, 3.63) is 35.9 Å². The number of nitrogens with zero attached hydrogens (tertiary/aromatic N) is 1. The number of hydrogen-bond donors (Lipinski definition) is 1. The monoisotopic (exact) mass is 340 g/mol. The molecule has 1 fully saturated rings. The van der Waals surface area contributed by atoms with Crippen LogP contribution in [0.5, 0.6) is 0 Å². The minimum Gasteiger partial charge on any atom is -0.450 e. The Hall–Kier alpha value is -1.60. The lowest BCUT2D eigenvalue weighted by Crippen LogP contribution is -2.46. The predicted molar refractivity (Wildman–Crippen MR) is 88.5 cm³/mol. The molecule has 0 spiro atoms. The molecule has 0 aromatic heterocycles. The third-order valence-corrected chi connectivity index (χ3v) is 6.08. The highest BCUT2D eigenvalue weighted by Gasteiger charge is 2.32.